The first-order chi connectivity index (χ1) is 8.56. The molecule has 18 heavy (non-hydrogen) atoms. The number of ether oxygens (including phenoxy) is 1. The van der Waals surface area contributed by atoms with Crippen LogP contribution in [0.3, 0.4) is 0 Å². The first-order valence-electron chi connectivity index (χ1n) is 5.51. The highest BCUT2D eigenvalue weighted by Gasteiger charge is 2.10. The molecule has 0 saturated heterocycles. The minimum Gasteiger partial charge on any atom is -0.484 e. The zero-order chi connectivity index (χ0) is 13.1. The maximum absolute atomic E-state index is 12.9. The summed E-state index contributed by atoms with van der Waals surface area (Å²) < 4.78 is 19.4. The van der Waals surface area contributed by atoms with Crippen LogP contribution in [0, 0.1) is 19.7 Å². The molecule has 0 amide bonds. The number of carbonyl (C=O) groups excluding carboxylic acids is 1. The Morgan fingerprint density at radius 2 is 2.17 bits per heavy atom. The van der Waals surface area contributed by atoms with Crippen LogP contribution in [0.2, 0.25) is 0 Å². The highest BCUT2D eigenvalue weighted by molar-refractivity contribution is 5.80. The second-order valence-electron chi connectivity index (χ2n) is 3.98. The van der Waals surface area contributed by atoms with E-state index in [9.17, 15) is 9.18 Å². The number of rotatable bonds is 3. The predicted molar refractivity (Wildman–Crippen MR) is 64.2 cm³/mol. The Labute approximate surface area is 104 Å². The molecule has 1 aromatic carbocycles. The lowest BCUT2D eigenvalue weighted by Crippen LogP contribution is -2.21. The number of aryl methyl sites for hydroxylation is 2. The van der Waals surface area contributed by atoms with Gasteiger partial charge in [0.15, 0.2) is 6.61 Å². The lowest BCUT2D eigenvalue weighted by Gasteiger charge is -2.06. The van der Waals surface area contributed by atoms with Gasteiger partial charge in [-0.15, -0.1) is 0 Å². The third-order valence-electron chi connectivity index (χ3n) is 2.40. The van der Waals surface area contributed by atoms with E-state index in [0.717, 1.165) is 11.4 Å². The van der Waals surface area contributed by atoms with Crippen molar-refractivity contribution in [2.45, 2.75) is 13.8 Å². The van der Waals surface area contributed by atoms with Crippen molar-refractivity contribution in [3.8, 4) is 5.75 Å². The highest BCUT2D eigenvalue weighted by Crippen LogP contribution is 2.12. The summed E-state index contributed by atoms with van der Waals surface area (Å²) in [5.41, 5.74) is 1.52. The molecule has 4 nitrogen and oxygen atoms in total. The minimum atomic E-state index is -0.397. The lowest BCUT2D eigenvalue weighted by molar-refractivity contribution is 0.0818. The number of nitrogens with zero attached hydrogens (tertiary/aromatic N) is 2. The summed E-state index contributed by atoms with van der Waals surface area (Å²) in [6, 6.07) is 7.47. The van der Waals surface area contributed by atoms with Gasteiger partial charge in [-0.25, -0.2) is 9.07 Å². The van der Waals surface area contributed by atoms with Crippen LogP contribution in [0.25, 0.3) is 0 Å². The molecule has 0 fully saturated rings. The van der Waals surface area contributed by atoms with Crippen molar-refractivity contribution in [3.05, 3.63) is 47.5 Å². The lowest BCUT2D eigenvalue weighted by atomic mass is 10.3. The molecule has 0 atom stereocenters. The van der Waals surface area contributed by atoms with Crippen LogP contribution < -0.4 is 4.74 Å². The van der Waals surface area contributed by atoms with Crippen LogP contribution in [0.15, 0.2) is 30.3 Å². The highest BCUT2D eigenvalue weighted by atomic mass is 19.1. The number of halogens is 1. The van der Waals surface area contributed by atoms with Crippen molar-refractivity contribution in [1.82, 2.24) is 9.78 Å². The Kier molecular flexibility index (Phi) is 3.41. The first kappa shape index (κ1) is 12.3. The number of hydrogen-bond acceptors (Lipinski definition) is 3. The van der Waals surface area contributed by atoms with Crippen LogP contribution in [-0.4, -0.2) is 22.3 Å². The Morgan fingerprint density at radius 3 is 2.78 bits per heavy atom. The Hall–Kier alpha value is -2.17. The molecule has 1 aromatic heterocycles. The van der Waals surface area contributed by atoms with E-state index in [2.05, 4.69) is 5.10 Å². The monoisotopic (exact) mass is 248 g/mol. The largest absolute Gasteiger partial charge is 0.484 e. The second kappa shape index (κ2) is 5.00. The quantitative estimate of drug-likeness (QED) is 0.837. The maximum Gasteiger partial charge on any atom is 0.284 e. The van der Waals surface area contributed by atoms with Crippen LogP contribution in [0.5, 0.6) is 5.75 Å². The van der Waals surface area contributed by atoms with Crippen molar-refractivity contribution >= 4 is 5.91 Å². The molecule has 2 rings (SSSR count). The minimum absolute atomic E-state index is 0.175. The van der Waals surface area contributed by atoms with Gasteiger partial charge in [-0.05, 0) is 32.0 Å². The molecular weight excluding hydrogens is 235 g/mol. The summed E-state index contributed by atoms with van der Waals surface area (Å²) in [5, 5.41) is 4.05. The molecule has 0 radical (unpaired) electrons. The van der Waals surface area contributed by atoms with E-state index in [1.165, 1.54) is 22.9 Å². The first-order valence-corrected chi connectivity index (χ1v) is 5.51. The summed E-state index contributed by atoms with van der Waals surface area (Å²) in [5.74, 6) is -0.360. The van der Waals surface area contributed by atoms with Crippen LogP contribution in [0.4, 0.5) is 4.39 Å². The van der Waals surface area contributed by atoms with Crippen LogP contribution in [-0.2, 0) is 0 Å². The molecule has 1 heterocycles. The zero-order valence-electron chi connectivity index (χ0n) is 10.2. The van der Waals surface area contributed by atoms with E-state index in [4.69, 9.17) is 4.74 Å². The van der Waals surface area contributed by atoms with Crippen LogP contribution >= 0.6 is 0 Å². The molecule has 0 spiro atoms. The fraction of sp³-hybridized carbons (Fsp3) is 0.231. The number of aromatic nitrogens is 2. The molecule has 0 aliphatic rings. The zero-order valence-corrected chi connectivity index (χ0v) is 10.2. The average molecular weight is 248 g/mol. The van der Waals surface area contributed by atoms with Crippen LogP contribution in [0.1, 0.15) is 16.2 Å². The summed E-state index contributed by atoms with van der Waals surface area (Å²) in [7, 11) is 0. The van der Waals surface area contributed by atoms with Gasteiger partial charge >= 0.3 is 0 Å². The van der Waals surface area contributed by atoms with E-state index < -0.39 is 5.82 Å². The molecule has 0 N–H and O–H groups in total. The standard InChI is InChI=1S/C13H13FN2O2/c1-9-6-10(2)16(15-9)13(17)8-18-12-5-3-4-11(14)7-12/h3-7H,8H2,1-2H3. The van der Waals surface area contributed by atoms with Gasteiger partial charge in [0.25, 0.3) is 5.91 Å². The molecule has 0 aliphatic carbocycles. The van der Waals surface area contributed by atoms with Gasteiger partial charge in [-0.3, -0.25) is 4.79 Å². The van der Waals surface area contributed by atoms with Crippen molar-refractivity contribution in [3.63, 3.8) is 0 Å². The maximum atomic E-state index is 12.9. The Bertz CT molecular complexity index is 578. The third kappa shape index (κ3) is 2.74. The topological polar surface area (TPSA) is 44.1 Å². The van der Waals surface area contributed by atoms with Gasteiger partial charge < -0.3 is 4.74 Å². The molecule has 0 unspecified atom stereocenters. The normalized spacial score (nSPS) is 10.4. The summed E-state index contributed by atoms with van der Waals surface area (Å²) in [6.07, 6.45) is 0. The van der Waals surface area contributed by atoms with Gasteiger partial charge in [-0.2, -0.15) is 5.10 Å². The van der Waals surface area contributed by atoms with E-state index >= 15 is 0 Å². The molecule has 2 aromatic rings. The Morgan fingerprint density at radius 1 is 1.39 bits per heavy atom. The summed E-state index contributed by atoms with van der Waals surface area (Å²) in [6.45, 7) is 3.43. The van der Waals surface area contributed by atoms with E-state index in [0.29, 0.717) is 5.75 Å². The average Bonchev–Trinajstić information content (AvgIpc) is 2.66. The fourth-order valence-electron chi connectivity index (χ4n) is 1.64. The fourth-order valence-corrected chi connectivity index (χ4v) is 1.64. The number of hydrogen-bond donors (Lipinski definition) is 0. The third-order valence-corrected chi connectivity index (χ3v) is 2.40. The van der Waals surface area contributed by atoms with Gasteiger partial charge in [-0.1, -0.05) is 6.07 Å². The van der Waals surface area contributed by atoms with Gasteiger partial charge in [0.1, 0.15) is 11.6 Å². The van der Waals surface area contributed by atoms with Crippen molar-refractivity contribution in [2.24, 2.45) is 0 Å². The number of carbonyl (C=O) groups is 1. The van der Waals surface area contributed by atoms with Gasteiger partial charge in [0.2, 0.25) is 0 Å². The molecular formula is C13H13FN2O2. The van der Waals surface area contributed by atoms with Gasteiger partial charge in [0.05, 0.1) is 5.69 Å². The predicted octanol–water partition coefficient (Wildman–Crippen LogP) is 2.36. The SMILES string of the molecule is Cc1cc(C)n(C(=O)COc2cccc(F)c2)n1. The smallest absolute Gasteiger partial charge is 0.284 e. The van der Waals surface area contributed by atoms with Crippen molar-refractivity contribution in [1.29, 1.82) is 0 Å². The number of benzene rings is 1. The molecule has 5 heteroatoms. The summed E-state index contributed by atoms with van der Waals surface area (Å²) >= 11 is 0. The van der Waals surface area contributed by atoms with Gasteiger partial charge in [0, 0.05) is 11.8 Å². The van der Waals surface area contributed by atoms with E-state index in [1.54, 1.807) is 19.1 Å². The Balaban J connectivity index is 2.03. The summed E-state index contributed by atoms with van der Waals surface area (Å²) in [4.78, 5) is 11.8. The van der Waals surface area contributed by atoms with E-state index in [1.807, 2.05) is 6.92 Å². The molecule has 0 bridgehead atoms. The molecule has 0 saturated carbocycles. The van der Waals surface area contributed by atoms with E-state index in [-0.39, 0.29) is 12.5 Å². The van der Waals surface area contributed by atoms with Crippen molar-refractivity contribution in [2.75, 3.05) is 6.61 Å². The molecule has 0 aliphatic heterocycles. The molecule has 94 valence electrons. The second-order valence-corrected chi connectivity index (χ2v) is 3.98. The van der Waals surface area contributed by atoms with Crippen molar-refractivity contribution < 1.29 is 13.9 Å².